The SMILES string of the molecule is C#CCNCC1c2ccccc2COC1C. The van der Waals surface area contributed by atoms with Crippen molar-refractivity contribution in [3.63, 3.8) is 0 Å². The molecule has 2 unspecified atom stereocenters. The lowest BCUT2D eigenvalue weighted by atomic mass is 9.88. The van der Waals surface area contributed by atoms with Gasteiger partial charge in [-0.3, -0.25) is 0 Å². The van der Waals surface area contributed by atoms with Crippen molar-refractivity contribution >= 4 is 0 Å². The lowest BCUT2D eigenvalue weighted by Crippen LogP contribution is -2.33. The van der Waals surface area contributed by atoms with E-state index in [9.17, 15) is 0 Å². The first kappa shape index (κ1) is 11.2. The lowest BCUT2D eigenvalue weighted by Gasteiger charge is -2.31. The molecule has 1 heterocycles. The van der Waals surface area contributed by atoms with Crippen molar-refractivity contribution in [1.29, 1.82) is 0 Å². The van der Waals surface area contributed by atoms with Crippen molar-refractivity contribution in [2.45, 2.75) is 25.6 Å². The van der Waals surface area contributed by atoms with Crippen molar-refractivity contribution in [2.24, 2.45) is 0 Å². The van der Waals surface area contributed by atoms with Gasteiger partial charge in [0.2, 0.25) is 0 Å². The molecule has 0 aromatic heterocycles. The fraction of sp³-hybridized carbons (Fsp3) is 0.429. The van der Waals surface area contributed by atoms with Crippen LogP contribution >= 0.6 is 0 Å². The predicted octanol–water partition coefficient (Wildman–Crippen LogP) is 1.91. The number of benzene rings is 1. The van der Waals surface area contributed by atoms with Crippen LogP contribution in [0, 0.1) is 12.3 Å². The van der Waals surface area contributed by atoms with Gasteiger partial charge in [-0.2, -0.15) is 0 Å². The van der Waals surface area contributed by atoms with E-state index in [-0.39, 0.29) is 6.10 Å². The van der Waals surface area contributed by atoms with Gasteiger partial charge in [0.15, 0.2) is 0 Å². The molecule has 0 amide bonds. The second-order valence-electron chi connectivity index (χ2n) is 4.16. The van der Waals surface area contributed by atoms with E-state index in [0.29, 0.717) is 12.5 Å². The summed E-state index contributed by atoms with van der Waals surface area (Å²) in [7, 11) is 0. The smallest absolute Gasteiger partial charge is 0.0723 e. The van der Waals surface area contributed by atoms with Crippen molar-refractivity contribution in [3.8, 4) is 12.3 Å². The molecule has 0 aliphatic carbocycles. The Bertz CT molecular complexity index is 394. The van der Waals surface area contributed by atoms with E-state index < -0.39 is 0 Å². The molecule has 0 spiro atoms. The van der Waals surface area contributed by atoms with Crippen molar-refractivity contribution < 1.29 is 4.74 Å². The summed E-state index contributed by atoms with van der Waals surface area (Å²) in [6.07, 6.45) is 5.48. The van der Waals surface area contributed by atoms with Gasteiger partial charge < -0.3 is 10.1 Å². The standard InChI is InChI=1S/C14H17NO/c1-3-8-15-9-14-11(2)16-10-12-6-4-5-7-13(12)14/h1,4-7,11,14-15H,8-10H2,2H3. The molecule has 1 N–H and O–H groups in total. The molecule has 1 aliphatic heterocycles. The third-order valence-corrected chi connectivity index (χ3v) is 3.11. The number of nitrogens with one attached hydrogen (secondary N) is 1. The van der Waals surface area contributed by atoms with Gasteiger partial charge in [-0.1, -0.05) is 30.2 Å². The summed E-state index contributed by atoms with van der Waals surface area (Å²) < 4.78 is 5.76. The Labute approximate surface area is 97.0 Å². The summed E-state index contributed by atoms with van der Waals surface area (Å²) in [6, 6.07) is 8.47. The van der Waals surface area contributed by atoms with Crippen LogP contribution in [0.5, 0.6) is 0 Å². The number of hydrogen-bond acceptors (Lipinski definition) is 2. The van der Waals surface area contributed by atoms with Gasteiger partial charge in [0.25, 0.3) is 0 Å². The molecule has 2 atom stereocenters. The number of rotatable bonds is 3. The fourth-order valence-corrected chi connectivity index (χ4v) is 2.19. The zero-order valence-corrected chi connectivity index (χ0v) is 9.57. The highest BCUT2D eigenvalue weighted by Crippen LogP contribution is 2.30. The van der Waals surface area contributed by atoms with Gasteiger partial charge in [-0.25, -0.2) is 0 Å². The molecular weight excluding hydrogens is 198 g/mol. The number of terminal acetylenes is 1. The van der Waals surface area contributed by atoms with Crippen LogP contribution in [0.25, 0.3) is 0 Å². The zero-order valence-electron chi connectivity index (χ0n) is 9.57. The molecule has 84 valence electrons. The van der Waals surface area contributed by atoms with Gasteiger partial charge >= 0.3 is 0 Å². The highest BCUT2D eigenvalue weighted by atomic mass is 16.5. The molecule has 0 saturated heterocycles. The molecular formula is C14H17NO. The van der Waals surface area contributed by atoms with Gasteiger partial charge in [0, 0.05) is 12.5 Å². The van der Waals surface area contributed by atoms with E-state index in [1.165, 1.54) is 11.1 Å². The minimum Gasteiger partial charge on any atom is -0.373 e. The van der Waals surface area contributed by atoms with Gasteiger partial charge in [0.05, 0.1) is 19.3 Å². The van der Waals surface area contributed by atoms with Gasteiger partial charge in [-0.05, 0) is 18.1 Å². The molecule has 1 aromatic carbocycles. The van der Waals surface area contributed by atoms with Crippen LogP contribution in [0.2, 0.25) is 0 Å². The molecule has 1 aliphatic rings. The summed E-state index contributed by atoms with van der Waals surface area (Å²) in [5, 5.41) is 3.26. The Morgan fingerprint density at radius 3 is 3.12 bits per heavy atom. The van der Waals surface area contributed by atoms with Gasteiger partial charge in [0.1, 0.15) is 0 Å². The first-order chi connectivity index (χ1) is 7.83. The fourth-order valence-electron chi connectivity index (χ4n) is 2.19. The average molecular weight is 215 g/mol. The molecule has 1 aromatic rings. The molecule has 2 rings (SSSR count). The highest BCUT2D eigenvalue weighted by molar-refractivity contribution is 5.32. The van der Waals surface area contributed by atoms with Crippen molar-refractivity contribution in [2.75, 3.05) is 13.1 Å². The number of ether oxygens (including phenoxy) is 1. The number of fused-ring (bicyclic) bond motifs is 1. The van der Waals surface area contributed by atoms with E-state index in [2.05, 4.69) is 42.4 Å². The summed E-state index contributed by atoms with van der Waals surface area (Å²) >= 11 is 0. The van der Waals surface area contributed by atoms with E-state index in [4.69, 9.17) is 11.2 Å². The Balaban J connectivity index is 2.14. The average Bonchev–Trinajstić information content (AvgIpc) is 2.32. The van der Waals surface area contributed by atoms with Crippen LogP contribution in [0.15, 0.2) is 24.3 Å². The summed E-state index contributed by atoms with van der Waals surface area (Å²) in [6.45, 7) is 4.34. The Kier molecular flexibility index (Phi) is 3.61. The predicted molar refractivity (Wildman–Crippen MR) is 65.1 cm³/mol. The number of hydrogen-bond donors (Lipinski definition) is 1. The molecule has 0 saturated carbocycles. The quantitative estimate of drug-likeness (QED) is 0.614. The maximum atomic E-state index is 5.76. The molecule has 0 fully saturated rings. The monoisotopic (exact) mass is 215 g/mol. The minimum absolute atomic E-state index is 0.250. The Hall–Kier alpha value is -1.30. The second-order valence-corrected chi connectivity index (χ2v) is 4.16. The Morgan fingerprint density at radius 2 is 2.31 bits per heavy atom. The maximum Gasteiger partial charge on any atom is 0.0723 e. The molecule has 2 heteroatoms. The van der Waals surface area contributed by atoms with E-state index in [1.54, 1.807) is 0 Å². The van der Waals surface area contributed by atoms with Crippen LogP contribution < -0.4 is 5.32 Å². The molecule has 0 radical (unpaired) electrons. The van der Waals surface area contributed by atoms with Crippen molar-refractivity contribution in [3.05, 3.63) is 35.4 Å². The second kappa shape index (κ2) is 5.16. The molecule has 2 nitrogen and oxygen atoms in total. The largest absolute Gasteiger partial charge is 0.373 e. The van der Waals surface area contributed by atoms with E-state index in [0.717, 1.165) is 13.2 Å². The van der Waals surface area contributed by atoms with E-state index in [1.807, 2.05) is 0 Å². The molecule has 16 heavy (non-hydrogen) atoms. The first-order valence-corrected chi connectivity index (χ1v) is 5.66. The highest BCUT2D eigenvalue weighted by Gasteiger charge is 2.26. The Morgan fingerprint density at radius 1 is 1.50 bits per heavy atom. The third kappa shape index (κ3) is 2.27. The topological polar surface area (TPSA) is 21.3 Å². The minimum atomic E-state index is 0.250. The van der Waals surface area contributed by atoms with Gasteiger partial charge in [-0.15, -0.1) is 6.42 Å². The van der Waals surface area contributed by atoms with E-state index >= 15 is 0 Å². The van der Waals surface area contributed by atoms with Crippen molar-refractivity contribution in [1.82, 2.24) is 5.32 Å². The lowest BCUT2D eigenvalue weighted by molar-refractivity contribution is 0.0203. The van der Waals surface area contributed by atoms with Crippen LogP contribution in [-0.2, 0) is 11.3 Å². The third-order valence-electron chi connectivity index (χ3n) is 3.11. The first-order valence-electron chi connectivity index (χ1n) is 5.66. The summed E-state index contributed by atoms with van der Waals surface area (Å²) in [5.74, 6) is 3.00. The zero-order chi connectivity index (χ0) is 11.4. The van der Waals surface area contributed by atoms with Crippen LogP contribution in [-0.4, -0.2) is 19.2 Å². The summed E-state index contributed by atoms with van der Waals surface area (Å²) in [4.78, 5) is 0. The molecule has 0 bridgehead atoms. The summed E-state index contributed by atoms with van der Waals surface area (Å²) in [5.41, 5.74) is 2.69. The normalized spacial score (nSPS) is 23.5. The maximum absolute atomic E-state index is 5.76. The van der Waals surface area contributed by atoms with Crippen LogP contribution in [0.3, 0.4) is 0 Å². The van der Waals surface area contributed by atoms with Crippen LogP contribution in [0.1, 0.15) is 24.0 Å². The van der Waals surface area contributed by atoms with Crippen LogP contribution in [0.4, 0.5) is 0 Å².